The number of hydrogen-bond donors (Lipinski definition) is 1. The molecular weight excluding hydrogens is 444 g/mol. The smallest absolute Gasteiger partial charge is 0.140 e. The van der Waals surface area contributed by atoms with Crippen LogP contribution >= 0.6 is 11.6 Å². The molecule has 2 aliphatic rings. The predicted octanol–water partition coefficient (Wildman–Crippen LogP) is 4.88. The van der Waals surface area contributed by atoms with Crippen LogP contribution < -0.4 is 0 Å². The highest BCUT2D eigenvalue weighted by Gasteiger charge is 2.20. The van der Waals surface area contributed by atoms with Crippen molar-refractivity contribution in [2.45, 2.75) is 39.5 Å². The van der Waals surface area contributed by atoms with Crippen molar-refractivity contribution >= 4 is 33.7 Å². The highest BCUT2D eigenvalue weighted by atomic mass is 35.5. The Morgan fingerprint density at radius 2 is 1.53 bits per heavy atom. The van der Waals surface area contributed by atoms with Crippen molar-refractivity contribution in [2.24, 2.45) is 7.05 Å². The number of aromatic nitrogens is 4. The first-order valence-corrected chi connectivity index (χ1v) is 12.8. The van der Waals surface area contributed by atoms with Gasteiger partial charge in [0.25, 0.3) is 0 Å². The standard InChI is InChI=1S/C13H16ClN3.C12H15N3.C2H6/c1-16-5-3-10-11-7-9(14)8-15-13(11)17(2)12(10)4-6-16;1-15-7-4-9-10-3-2-6-13-12(10)14-11(9)5-8-15;1-2/h7-8H,3-6H2,1-2H3;2-3,6H,4-5,7-8H2,1H3,(H,13,14);1-2H3. The van der Waals surface area contributed by atoms with Crippen LogP contribution in [0.15, 0.2) is 30.6 Å². The lowest BCUT2D eigenvalue weighted by Crippen LogP contribution is -2.21. The third-order valence-electron chi connectivity index (χ3n) is 6.96. The third kappa shape index (κ3) is 4.99. The number of nitrogens with zero attached hydrogens (tertiary/aromatic N) is 5. The maximum Gasteiger partial charge on any atom is 0.140 e. The van der Waals surface area contributed by atoms with Crippen molar-refractivity contribution in [3.8, 4) is 0 Å². The average molecular weight is 481 g/mol. The zero-order valence-electron chi connectivity index (χ0n) is 21.2. The van der Waals surface area contributed by atoms with Gasteiger partial charge in [0.2, 0.25) is 0 Å². The molecule has 7 heteroatoms. The summed E-state index contributed by atoms with van der Waals surface area (Å²) in [5.74, 6) is 0. The largest absolute Gasteiger partial charge is 0.343 e. The number of fused-ring (bicyclic) bond motifs is 6. The van der Waals surface area contributed by atoms with Crippen LogP contribution in [0.2, 0.25) is 5.02 Å². The highest BCUT2D eigenvalue weighted by molar-refractivity contribution is 6.31. The van der Waals surface area contributed by atoms with E-state index in [1.54, 1.807) is 6.20 Å². The van der Waals surface area contributed by atoms with Crippen LogP contribution in [0.25, 0.3) is 22.1 Å². The molecule has 1 N–H and O–H groups in total. The maximum absolute atomic E-state index is 6.06. The van der Waals surface area contributed by atoms with Crippen molar-refractivity contribution < 1.29 is 0 Å². The number of H-pyrrole nitrogens is 1. The Hall–Kier alpha value is -2.41. The van der Waals surface area contributed by atoms with E-state index < -0.39 is 0 Å². The average Bonchev–Trinajstić information content (AvgIpc) is 3.15. The molecule has 0 fully saturated rings. The lowest BCUT2D eigenvalue weighted by molar-refractivity contribution is 0.351. The molecule has 0 radical (unpaired) electrons. The molecule has 0 aliphatic carbocycles. The lowest BCUT2D eigenvalue weighted by Gasteiger charge is -2.12. The molecule has 0 unspecified atom stereocenters. The lowest BCUT2D eigenvalue weighted by atomic mass is 10.1. The second-order valence-electron chi connectivity index (χ2n) is 9.10. The molecule has 0 atom stereocenters. The number of aromatic amines is 1. The van der Waals surface area contributed by atoms with E-state index in [1.807, 2.05) is 32.2 Å². The van der Waals surface area contributed by atoms with E-state index in [2.05, 4.69) is 56.5 Å². The molecule has 182 valence electrons. The summed E-state index contributed by atoms with van der Waals surface area (Å²) in [6.45, 7) is 8.51. The van der Waals surface area contributed by atoms with Gasteiger partial charge in [0, 0.05) is 80.6 Å². The molecule has 6 heterocycles. The molecule has 0 saturated heterocycles. The Kier molecular flexibility index (Phi) is 7.91. The number of hydrogen-bond acceptors (Lipinski definition) is 4. The van der Waals surface area contributed by atoms with Crippen molar-refractivity contribution in [2.75, 3.05) is 40.3 Å². The molecule has 0 spiro atoms. The van der Waals surface area contributed by atoms with Gasteiger partial charge in [0.05, 0.1) is 5.02 Å². The van der Waals surface area contributed by atoms with E-state index in [1.165, 1.54) is 33.3 Å². The van der Waals surface area contributed by atoms with Crippen LogP contribution in [0.4, 0.5) is 0 Å². The summed E-state index contributed by atoms with van der Waals surface area (Å²) in [7, 11) is 6.47. The van der Waals surface area contributed by atoms with Crippen molar-refractivity contribution in [3.05, 3.63) is 58.1 Å². The molecule has 2 aliphatic heterocycles. The fourth-order valence-corrected chi connectivity index (χ4v) is 5.22. The molecule has 0 saturated carbocycles. The van der Waals surface area contributed by atoms with Crippen LogP contribution in [0.3, 0.4) is 0 Å². The molecule has 0 aromatic carbocycles. The van der Waals surface area contributed by atoms with Crippen LogP contribution in [0, 0.1) is 0 Å². The van der Waals surface area contributed by atoms with Gasteiger partial charge < -0.3 is 19.4 Å². The fraction of sp³-hybridized carbons (Fsp3) is 0.481. The normalized spacial score (nSPS) is 16.5. The van der Waals surface area contributed by atoms with Crippen molar-refractivity contribution in [1.29, 1.82) is 0 Å². The van der Waals surface area contributed by atoms with Gasteiger partial charge in [-0.3, -0.25) is 0 Å². The Labute approximate surface area is 207 Å². The zero-order chi connectivity index (χ0) is 24.2. The number of likely N-dealkylation sites (N-methyl/N-ethyl adjacent to an activating group) is 2. The first-order chi connectivity index (χ1) is 16.5. The number of rotatable bonds is 0. The molecular formula is C27H37ClN6. The number of halogens is 1. The van der Waals surface area contributed by atoms with E-state index in [9.17, 15) is 0 Å². The quantitative estimate of drug-likeness (QED) is 0.390. The van der Waals surface area contributed by atoms with Gasteiger partial charge in [0.1, 0.15) is 11.3 Å². The van der Waals surface area contributed by atoms with Crippen molar-refractivity contribution in [3.63, 3.8) is 0 Å². The van der Waals surface area contributed by atoms with E-state index in [0.29, 0.717) is 0 Å². The number of nitrogens with one attached hydrogen (secondary N) is 1. The maximum atomic E-state index is 6.06. The van der Waals surface area contributed by atoms with Gasteiger partial charge in [-0.05, 0) is 56.3 Å². The van der Waals surface area contributed by atoms with E-state index >= 15 is 0 Å². The molecule has 4 aromatic heterocycles. The van der Waals surface area contributed by atoms with Crippen molar-refractivity contribution in [1.82, 2.24) is 29.3 Å². The Morgan fingerprint density at radius 3 is 2.29 bits per heavy atom. The Balaban J connectivity index is 0.000000151. The summed E-state index contributed by atoms with van der Waals surface area (Å²) >= 11 is 6.06. The Bertz CT molecular complexity index is 1260. The van der Waals surface area contributed by atoms with Gasteiger partial charge in [-0.1, -0.05) is 25.4 Å². The number of pyridine rings is 2. The summed E-state index contributed by atoms with van der Waals surface area (Å²) in [5.41, 5.74) is 7.81. The fourth-order valence-electron chi connectivity index (χ4n) is 5.06. The summed E-state index contributed by atoms with van der Waals surface area (Å²) < 4.78 is 2.22. The molecule has 34 heavy (non-hydrogen) atoms. The van der Waals surface area contributed by atoms with Gasteiger partial charge in [-0.2, -0.15) is 0 Å². The second kappa shape index (κ2) is 10.9. The SMILES string of the molecule is CC.CN1CCc2[nH]c3ncccc3c2CC1.CN1CCc2c(n(C)c3ncc(Cl)cc23)CC1. The summed E-state index contributed by atoms with van der Waals surface area (Å²) in [5, 5.41) is 3.26. The minimum absolute atomic E-state index is 0.725. The topological polar surface area (TPSA) is 53.0 Å². The monoisotopic (exact) mass is 480 g/mol. The Morgan fingerprint density at radius 1 is 0.853 bits per heavy atom. The summed E-state index contributed by atoms with van der Waals surface area (Å²) in [6, 6.07) is 6.24. The summed E-state index contributed by atoms with van der Waals surface area (Å²) in [6.07, 6.45) is 8.01. The number of aryl methyl sites for hydroxylation is 1. The highest BCUT2D eigenvalue weighted by Crippen LogP contribution is 2.28. The van der Waals surface area contributed by atoms with Gasteiger partial charge in [0.15, 0.2) is 0 Å². The van der Waals surface area contributed by atoms with Gasteiger partial charge in [-0.15, -0.1) is 0 Å². The van der Waals surface area contributed by atoms with Crippen LogP contribution in [0.5, 0.6) is 0 Å². The van der Waals surface area contributed by atoms with E-state index in [-0.39, 0.29) is 0 Å². The zero-order valence-corrected chi connectivity index (χ0v) is 21.9. The molecule has 6 rings (SSSR count). The van der Waals surface area contributed by atoms with E-state index in [0.717, 1.165) is 68.2 Å². The molecule has 0 bridgehead atoms. The minimum Gasteiger partial charge on any atom is -0.343 e. The second-order valence-corrected chi connectivity index (χ2v) is 9.53. The first kappa shape index (κ1) is 24.7. The van der Waals surface area contributed by atoms with Gasteiger partial charge in [-0.25, -0.2) is 9.97 Å². The predicted molar refractivity (Wildman–Crippen MR) is 143 cm³/mol. The van der Waals surface area contributed by atoms with Gasteiger partial charge >= 0.3 is 0 Å². The third-order valence-corrected chi connectivity index (χ3v) is 7.16. The van der Waals surface area contributed by atoms with E-state index in [4.69, 9.17) is 11.6 Å². The summed E-state index contributed by atoms with van der Waals surface area (Å²) in [4.78, 5) is 17.0. The minimum atomic E-state index is 0.725. The van der Waals surface area contributed by atoms with Crippen LogP contribution in [0.1, 0.15) is 36.4 Å². The molecule has 0 amide bonds. The molecule has 4 aromatic rings. The van der Waals surface area contributed by atoms with Crippen LogP contribution in [-0.4, -0.2) is 69.6 Å². The molecule has 6 nitrogen and oxygen atoms in total. The first-order valence-electron chi connectivity index (χ1n) is 12.4. The van der Waals surface area contributed by atoms with Crippen LogP contribution in [-0.2, 0) is 32.7 Å².